The molecule has 0 aliphatic carbocycles. The Morgan fingerprint density at radius 1 is 1.65 bits per heavy atom. The van der Waals surface area contributed by atoms with Crippen LogP contribution < -0.4 is 5.32 Å². The van der Waals surface area contributed by atoms with E-state index in [1.54, 1.807) is 11.0 Å². The first-order valence-electron chi connectivity index (χ1n) is 6.50. The van der Waals surface area contributed by atoms with Gasteiger partial charge in [-0.1, -0.05) is 17.7 Å². The first-order chi connectivity index (χ1) is 9.52. The van der Waals surface area contributed by atoms with Crippen LogP contribution in [0.3, 0.4) is 0 Å². The van der Waals surface area contributed by atoms with Gasteiger partial charge in [0, 0.05) is 24.5 Å². The number of nitrogens with one attached hydrogen (secondary N) is 1. The second kappa shape index (κ2) is 6.72. The predicted molar refractivity (Wildman–Crippen MR) is 82.2 cm³/mol. The molecule has 110 valence electrons. The lowest BCUT2D eigenvalue weighted by atomic mass is 10.0. The van der Waals surface area contributed by atoms with Gasteiger partial charge < -0.3 is 15.0 Å². The minimum Gasteiger partial charge on any atom is -0.363 e. The molecule has 4 nitrogen and oxygen atoms in total. The van der Waals surface area contributed by atoms with Crippen molar-refractivity contribution in [1.29, 1.82) is 0 Å². The number of carbonyl (C=O) groups is 1. The van der Waals surface area contributed by atoms with E-state index in [9.17, 15) is 4.79 Å². The highest BCUT2D eigenvalue weighted by molar-refractivity contribution is 7.16. The summed E-state index contributed by atoms with van der Waals surface area (Å²) in [5.74, 6) is -0.0254. The maximum Gasteiger partial charge on any atom is 0.249 e. The lowest BCUT2D eigenvalue weighted by Crippen LogP contribution is -2.59. The van der Waals surface area contributed by atoms with E-state index in [2.05, 4.69) is 11.9 Å². The van der Waals surface area contributed by atoms with E-state index < -0.39 is 0 Å². The van der Waals surface area contributed by atoms with Gasteiger partial charge in [-0.3, -0.25) is 4.79 Å². The van der Waals surface area contributed by atoms with Gasteiger partial charge in [0.1, 0.15) is 6.61 Å². The number of carbonyl (C=O) groups excluding carboxylic acids is 1. The molecule has 6 heteroatoms. The Bertz CT molecular complexity index is 485. The van der Waals surface area contributed by atoms with Gasteiger partial charge in [-0.2, -0.15) is 0 Å². The summed E-state index contributed by atoms with van der Waals surface area (Å²) in [6.45, 7) is 8.45. The Balaban J connectivity index is 1.89. The second-order valence-electron chi connectivity index (χ2n) is 5.11. The number of rotatable bonds is 7. The van der Waals surface area contributed by atoms with Crippen molar-refractivity contribution in [1.82, 2.24) is 10.2 Å². The molecule has 20 heavy (non-hydrogen) atoms. The van der Waals surface area contributed by atoms with Gasteiger partial charge in [-0.05, 0) is 19.1 Å². The monoisotopic (exact) mass is 314 g/mol. The molecule has 1 aliphatic rings. The summed E-state index contributed by atoms with van der Waals surface area (Å²) in [5, 5.41) is 3.14. The number of ether oxygens (including phenoxy) is 1. The standard InChI is InChI=1S/C14H19ClN2O2S/c1-3-6-17(7-11-4-5-12(15)20-11)13(18)8-19-14(2)9-16-10-14/h3-5,16H,1,6-10H2,2H3. The van der Waals surface area contributed by atoms with E-state index in [1.807, 2.05) is 19.1 Å². The molecular weight excluding hydrogens is 296 g/mol. The third kappa shape index (κ3) is 4.06. The summed E-state index contributed by atoms with van der Waals surface area (Å²) in [6.07, 6.45) is 1.72. The van der Waals surface area contributed by atoms with Crippen molar-refractivity contribution in [2.45, 2.75) is 19.1 Å². The fourth-order valence-electron chi connectivity index (χ4n) is 1.94. The van der Waals surface area contributed by atoms with Crippen molar-refractivity contribution in [2.24, 2.45) is 0 Å². The molecule has 1 saturated heterocycles. The second-order valence-corrected chi connectivity index (χ2v) is 6.91. The maximum absolute atomic E-state index is 12.2. The smallest absolute Gasteiger partial charge is 0.249 e. The summed E-state index contributed by atoms with van der Waals surface area (Å²) in [5.41, 5.74) is -0.207. The molecule has 1 aromatic heterocycles. The quantitative estimate of drug-likeness (QED) is 0.785. The van der Waals surface area contributed by atoms with Crippen LogP contribution in [0.1, 0.15) is 11.8 Å². The Kier molecular flexibility index (Phi) is 5.21. The number of hydrogen-bond acceptors (Lipinski definition) is 4. The largest absolute Gasteiger partial charge is 0.363 e. The lowest BCUT2D eigenvalue weighted by Gasteiger charge is -2.39. The van der Waals surface area contributed by atoms with Gasteiger partial charge in [-0.15, -0.1) is 17.9 Å². The summed E-state index contributed by atoms with van der Waals surface area (Å²) in [4.78, 5) is 15.0. The lowest BCUT2D eigenvalue weighted by molar-refractivity contribution is -0.146. The van der Waals surface area contributed by atoms with Crippen molar-refractivity contribution in [3.05, 3.63) is 34.0 Å². The van der Waals surface area contributed by atoms with Crippen molar-refractivity contribution >= 4 is 28.8 Å². The van der Waals surface area contributed by atoms with Crippen LogP contribution in [0.25, 0.3) is 0 Å². The zero-order valence-corrected chi connectivity index (χ0v) is 13.1. The van der Waals surface area contributed by atoms with Crippen LogP contribution in [0.2, 0.25) is 4.34 Å². The molecule has 2 heterocycles. The SMILES string of the molecule is C=CCN(Cc1ccc(Cl)s1)C(=O)COC1(C)CNC1. The molecule has 1 fully saturated rings. The fraction of sp³-hybridized carbons (Fsp3) is 0.500. The topological polar surface area (TPSA) is 41.6 Å². The molecule has 0 spiro atoms. The Hall–Kier alpha value is -0.880. The molecule has 1 N–H and O–H groups in total. The molecule has 1 aromatic rings. The van der Waals surface area contributed by atoms with Crippen LogP contribution in [0.4, 0.5) is 0 Å². The number of halogens is 1. The van der Waals surface area contributed by atoms with Gasteiger partial charge in [0.05, 0.1) is 16.5 Å². The van der Waals surface area contributed by atoms with E-state index in [-0.39, 0.29) is 18.1 Å². The molecule has 2 rings (SSSR count). The van der Waals surface area contributed by atoms with E-state index in [1.165, 1.54) is 11.3 Å². The average molecular weight is 315 g/mol. The molecule has 1 amide bonds. The van der Waals surface area contributed by atoms with E-state index in [0.29, 0.717) is 13.1 Å². The minimum absolute atomic E-state index is 0.0254. The highest BCUT2D eigenvalue weighted by Gasteiger charge is 2.33. The van der Waals surface area contributed by atoms with E-state index >= 15 is 0 Å². The molecule has 0 atom stereocenters. The summed E-state index contributed by atoms with van der Waals surface area (Å²) in [7, 11) is 0. The van der Waals surface area contributed by atoms with Crippen LogP contribution >= 0.6 is 22.9 Å². The first-order valence-corrected chi connectivity index (χ1v) is 7.69. The summed E-state index contributed by atoms with van der Waals surface area (Å²) >= 11 is 7.40. The predicted octanol–water partition coefficient (Wildman–Crippen LogP) is 2.29. The fourth-order valence-corrected chi connectivity index (χ4v) is 3.04. The number of thiophene rings is 1. The molecular formula is C14H19ClN2O2S. The Morgan fingerprint density at radius 3 is 2.90 bits per heavy atom. The molecule has 0 saturated carbocycles. The summed E-state index contributed by atoms with van der Waals surface area (Å²) < 4.78 is 6.42. The Labute approximate surface area is 128 Å². The third-order valence-corrected chi connectivity index (χ3v) is 4.44. The molecule has 0 unspecified atom stereocenters. The average Bonchev–Trinajstić information content (AvgIpc) is 2.79. The van der Waals surface area contributed by atoms with Crippen molar-refractivity contribution in [3.8, 4) is 0 Å². The number of amides is 1. The molecule has 0 aromatic carbocycles. The number of hydrogen-bond donors (Lipinski definition) is 1. The Morgan fingerprint density at radius 2 is 2.40 bits per heavy atom. The van der Waals surface area contributed by atoms with Gasteiger partial charge in [0.2, 0.25) is 5.91 Å². The van der Waals surface area contributed by atoms with Crippen LogP contribution in [0, 0.1) is 0 Å². The van der Waals surface area contributed by atoms with E-state index in [4.69, 9.17) is 16.3 Å². The maximum atomic E-state index is 12.2. The van der Waals surface area contributed by atoms with Crippen molar-refractivity contribution < 1.29 is 9.53 Å². The van der Waals surface area contributed by atoms with Crippen molar-refractivity contribution in [3.63, 3.8) is 0 Å². The molecule has 1 aliphatic heterocycles. The molecule has 0 bridgehead atoms. The number of nitrogens with zero attached hydrogens (tertiary/aromatic N) is 1. The summed E-state index contributed by atoms with van der Waals surface area (Å²) in [6, 6.07) is 3.78. The zero-order valence-electron chi connectivity index (χ0n) is 11.5. The zero-order chi connectivity index (χ0) is 14.6. The highest BCUT2D eigenvalue weighted by Crippen LogP contribution is 2.23. The van der Waals surface area contributed by atoms with Crippen LogP contribution in [-0.4, -0.2) is 42.6 Å². The third-order valence-electron chi connectivity index (χ3n) is 3.22. The normalized spacial score (nSPS) is 16.5. The van der Waals surface area contributed by atoms with Crippen LogP contribution in [0.15, 0.2) is 24.8 Å². The van der Waals surface area contributed by atoms with E-state index in [0.717, 1.165) is 22.3 Å². The van der Waals surface area contributed by atoms with Gasteiger partial charge in [-0.25, -0.2) is 0 Å². The minimum atomic E-state index is -0.207. The van der Waals surface area contributed by atoms with Gasteiger partial charge in [0.15, 0.2) is 0 Å². The molecule has 0 radical (unpaired) electrons. The van der Waals surface area contributed by atoms with Crippen LogP contribution in [0.5, 0.6) is 0 Å². The van der Waals surface area contributed by atoms with Gasteiger partial charge in [0.25, 0.3) is 0 Å². The van der Waals surface area contributed by atoms with Crippen molar-refractivity contribution in [2.75, 3.05) is 26.2 Å². The first kappa shape index (κ1) is 15.5. The van der Waals surface area contributed by atoms with Gasteiger partial charge >= 0.3 is 0 Å². The van der Waals surface area contributed by atoms with Crippen LogP contribution in [-0.2, 0) is 16.1 Å². The highest BCUT2D eigenvalue weighted by atomic mass is 35.5.